The minimum absolute atomic E-state index is 0.108. The summed E-state index contributed by atoms with van der Waals surface area (Å²) in [5.74, 6) is -1.31. The molecule has 396 valence electrons. The molecule has 9 rings (SSSR count). The van der Waals surface area contributed by atoms with Gasteiger partial charge in [0, 0.05) is 12.5 Å². The molecule has 0 spiro atoms. The number of benzene rings is 2. The van der Waals surface area contributed by atoms with Crippen LogP contribution in [0, 0.1) is 0 Å². The molecule has 9 atom stereocenters. The molecule has 7 heterocycles. The number of aromatic amines is 1. The first kappa shape index (κ1) is 53.4. The minimum Gasteiger partial charge on any atom is -0.413 e. The van der Waals surface area contributed by atoms with Crippen molar-refractivity contribution in [2.75, 3.05) is 12.3 Å². The molecule has 0 bridgehead atoms. The third kappa shape index (κ3) is 9.63. The third-order valence-corrected chi connectivity index (χ3v) is 26.5. The Morgan fingerprint density at radius 3 is 1.89 bits per heavy atom. The Bertz CT molecular complexity index is 2810. The lowest BCUT2D eigenvalue weighted by atomic mass is 10.0. The van der Waals surface area contributed by atoms with Crippen LogP contribution < -0.4 is 27.4 Å². The van der Waals surface area contributed by atoms with Crippen LogP contribution in [-0.4, -0.2) is 112 Å². The number of nitrogens with zero attached hydrogens (tertiary/aromatic N) is 5. The maximum absolute atomic E-state index is 14.2. The molecule has 4 aliphatic rings. The van der Waals surface area contributed by atoms with Crippen LogP contribution in [0.2, 0.25) is 21.7 Å². The number of aliphatic hydroxyl groups excluding tert-OH is 1. The van der Waals surface area contributed by atoms with E-state index in [9.17, 15) is 14.7 Å². The topological polar surface area (TPSA) is 219 Å². The van der Waals surface area contributed by atoms with E-state index < -0.39 is 99.7 Å². The molecule has 0 unspecified atom stereocenters. The average Bonchev–Trinajstić information content (AvgIpc) is 4.10. The number of anilines is 1. The van der Waals surface area contributed by atoms with Gasteiger partial charge in [-0.1, -0.05) is 123 Å². The molecule has 0 amide bonds. The molecule has 4 aliphatic heterocycles. The maximum atomic E-state index is 14.2. The van der Waals surface area contributed by atoms with Crippen molar-refractivity contribution in [1.29, 1.82) is 0 Å². The van der Waals surface area contributed by atoms with E-state index in [0.717, 1.165) is 10.4 Å². The van der Waals surface area contributed by atoms with Crippen LogP contribution >= 0.6 is 0 Å². The van der Waals surface area contributed by atoms with Gasteiger partial charge in [-0.15, -0.1) is 0 Å². The van der Waals surface area contributed by atoms with Gasteiger partial charge in [-0.3, -0.25) is 18.9 Å². The molecule has 4 fully saturated rings. The Labute approximate surface area is 429 Å². The van der Waals surface area contributed by atoms with Crippen molar-refractivity contribution in [3.05, 3.63) is 105 Å². The van der Waals surface area contributed by atoms with Gasteiger partial charge in [-0.2, -0.15) is 0 Å². The SMILES string of the molecule is CC(C)[Si](OC[C@H]1O[C@@H](n2c(CC[C@@H](O)[C@H]3O[C@@H](n4c(CO[Si](c5ccccc5)(c5ccccc5)C(C)(C)C)cc(=O)[nH]c4=O)[C@@H]4OC(C)(C)O[C@@H]43)nc3c(N)ncnc32)[C@@H]2OC(C)(C)O[C@@H]21)(C(C)C)C(C)C. The summed E-state index contributed by atoms with van der Waals surface area (Å²) in [5.41, 5.74) is 7.38. The van der Waals surface area contributed by atoms with Crippen molar-refractivity contribution in [1.82, 2.24) is 29.1 Å². The van der Waals surface area contributed by atoms with Gasteiger partial charge >= 0.3 is 5.69 Å². The van der Waals surface area contributed by atoms with Crippen LogP contribution in [0.5, 0.6) is 0 Å². The second-order valence-electron chi connectivity index (χ2n) is 23.0. The number of rotatable bonds is 17. The summed E-state index contributed by atoms with van der Waals surface area (Å²) >= 11 is 0. The van der Waals surface area contributed by atoms with Gasteiger partial charge in [0.05, 0.1) is 25.0 Å². The number of hydrogen-bond donors (Lipinski definition) is 3. The molecule has 18 nitrogen and oxygen atoms in total. The monoisotopic (exact) mass is 1040 g/mol. The predicted octanol–water partition coefficient (Wildman–Crippen LogP) is 6.36. The first-order chi connectivity index (χ1) is 34.4. The van der Waals surface area contributed by atoms with Crippen LogP contribution in [0.3, 0.4) is 0 Å². The number of nitrogens with one attached hydrogen (secondary N) is 1. The normalized spacial score (nSPS) is 26.4. The van der Waals surface area contributed by atoms with Crippen molar-refractivity contribution in [2.24, 2.45) is 0 Å². The molecule has 5 aromatic rings. The summed E-state index contributed by atoms with van der Waals surface area (Å²) in [7, 11) is -5.44. The number of hydrogen-bond acceptors (Lipinski definition) is 15. The molecular weight excluding hydrogens is 967 g/mol. The predicted molar refractivity (Wildman–Crippen MR) is 280 cm³/mol. The highest BCUT2D eigenvalue weighted by atomic mass is 28.4. The van der Waals surface area contributed by atoms with E-state index in [0.29, 0.717) is 40.2 Å². The Hall–Kier alpha value is -4.46. The first-order valence-corrected chi connectivity index (χ1v) is 29.8. The van der Waals surface area contributed by atoms with Gasteiger partial charge in [0.1, 0.15) is 48.8 Å². The maximum Gasteiger partial charge on any atom is 0.330 e. The van der Waals surface area contributed by atoms with Crippen LogP contribution in [0.1, 0.15) is 120 Å². The summed E-state index contributed by atoms with van der Waals surface area (Å²) < 4.78 is 57.5. The van der Waals surface area contributed by atoms with Crippen molar-refractivity contribution < 1.29 is 42.4 Å². The number of fused-ring (bicyclic) bond motifs is 3. The highest BCUT2D eigenvalue weighted by molar-refractivity contribution is 6.99. The fourth-order valence-electron chi connectivity index (χ4n) is 12.6. The second kappa shape index (κ2) is 19.9. The molecule has 0 aliphatic carbocycles. The molecule has 2 aromatic carbocycles. The number of aromatic nitrogens is 6. The molecule has 4 saturated heterocycles. The van der Waals surface area contributed by atoms with Crippen molar-refractivity contribution >= 4 is 44.0 Å². The standard InChI is InChI=1S/C53H75N7O11Si2/c1-30(2)72(31(3)4,32(5)6)64-28-37-42-44(70-52(10,11)68-42)49(66-37)60-38(57-40-46(54)55-29-56-47(40)60)25-24-36(61)41-43-45(71-53(12,13)69-43)48(67-41)59-33(26-39(62)58-50(59)63)27-65-73(51(7,8)9,34-20-16-14-17-21-34)35-22-18-15-19-23-35/h14-23,26,29-32,36-37,41-45,48-49,61H,24-25,27-28H2,1-13H3,(H2,54,55,56)(H,58,62,63)/t36-,37-,41-,42-,43-,44-,45-,48-,49-/m1/s1. The zero-order chi connectivity index (χ0) is 52.6. The smallest absolute Gasteiger partial charge is 0.330 e. The van der Waals surface area contributed by atoms with E-state index in [1.165, 1.54) is 17.0 Å². The average molecular weight is 1040 g/mol. The fourth-order valence-corrected chi connectivity index (χ4v) is 22.6. The zero-order valence-corrected chi connectivity index (χ0v) is 46.5. The van der Waals surface area contributed by atoms with Crippen molar-refractivity contribution in [3.8, 4) is 0 Å². The summed E-state index contributed by atoms with van der Waals surface area (Å²) in [4.78, 5) is 43.8. The molecule has 73 heavy (non-hydrogen) atoms. The number of aryl methyl sites for hydroxylation is 1. The van der Waals surface area contributed by atoms with Gasteiger partial charge in [0.15, 0.2) is 49.3 Å². The Morgan fingerprint density at radius 1 is 0.767 bits per heavy atom. The van der Waals surface area contributed by atoms with Gasteiger partial charge in [0.2, 0.25) is 0 Å². The number of aliphatic hydroxyl groups is 1. The van der Waals surface area contributed by atoms with Crippen molar-refractivity contribution in [2.45, 2.75) is 198 Å². The van der Waals surface area contributed by atoms with Crippen LogP contribution in [-0.2, 0) is 50.3 Å². The van der Waals surface area contributed by atoms with Crippen molar-refractivity contribution in [3.63, 3.8) is 0 Å². The van der Waals surface area contributed by atoms with Gasteiger partial charge in [-0.25, -0.2) is 19.7 Å². The summed E-state index contributed by atoms with van der Waals surface area (Å²) in [6, 6.07) is 21.6. The van der Waals surface area contributed by atoms with Crippen LogP contribution in [0.4, 0.5) is 5.82 Å². The molecule has 0 saturated carbocycles. The lowest BCUT2D eigenvalue weighted by Gasteiger charge is -2.43. The van der Waals surface area contributed by atoms with E-state index in [1.807, 2.05) is 54.8 Å². The summed E-state index contributed by atoms with van der Waals surface area (Å²) in [5, 5.41) is 14.0. The quantitative estimate of drug-likeness (QED) is 0.0864. The summed E-state index contributed by atoms with van der Waals surface area (Å²) in [6.07, 6.45) is -5.51. The Morgan fingerprint density at radius 2 is 1.32 bits per heavy atom. The van der Waals surface area contributed by atoms with Crippen LogP contribution in [0.25, 0.3) is 11.2 Å². The van der Waals surface area contributed by atoms with Gasteiger partial charge in [-0.05, 0) is 66.2 Å². The van der Waals surface area contributed by atoms with Gasteiger partial charge < -0.3 is 48.1 Å². The Kier molecular flexibility index (Phi) is 14.6. The number of ether oxygens (including phenoxy) is 6. The van der Waals surface area contributed by atoms with E-state index in [-0.39, 0.29) is 31.0 Å². The molecule has 0 radical (unpaired) electrons. The van der Waals surface area contributed by atoms with Gasteiger partial charge in [0.25, 0.3) is 13.9 Å². The lowest BCUT2D eigenvalue weighted by Crippen LogP contribution is -2.66. The fraction of sp³-hybridized carbons (Fsp3) is 0.604. The molecular formula is C53H75N7O11Si2. The zero-order valence-electron chi connectivity index (χ0n) is 44.5. The molecule has 4 N–H and O–H groups in total. The largest absolute Gasteiger partial charge is 0.413 e. The lowest BCUT2D eigenvalue weighted by molar-refractivity contribution is -0.208. The highest BCUT2D eigenvalue weighted by Gasteiger charge is 2.60. The number of nitrogens with two attached hydrogens (primary N) is 1. The molecule has 3 aromatic heterocycles. The summed E-state index contributed by atoms with van der Waals surface area (Å²) in [6.45, 7) is 27.6. The number of H-pyrrole nitrogens is 1. The number of imidazole rings is 1. The van der Waals surface area contributed by atoms with E-state index >= 15 is 0 Å². The van der Waals surface area contributed by atoms with E-state index in [1.54, 1.807) is 13.8 Å². The van der Waals surface area contributed by atoms with E-state index in [2.05, 4.69) is 102 Å². The van der Waals surface area contributed by atoms with Crippen LogP contribution in [0.15, 0.2) is 82.6 Å². The molecule has 20 heteroatoms. The third-order valence-electron chi connectivity index (χ3n) is 15.4. The second-order valence-corrected chi connectivity index (χ2v) is 32.8. The number of nitrogen functional groups attached to an aromatic ring is 1. The first-order valence-electron chi connectivity index (χ1n) is 25.8. The van der Waals surface area contributed by atoms with E-state index in [4.69, 9.17) is 48.0 Å². The minimum atomic E-state index is -3.14. The highest BCUT2D eigenvalue weighted by Crippen LogP contribution is 2.49. The Balaban J connectivity index is 1.02.